The zero-order chi connectivity index (χ0) is 21.8. The number of nitrogens with zero attached hydrogens (tertiary/aromatic N) is 2. The van der Waals surface area contributed by atoms with Gasteiger partial charge in [0.1, 0.15) is 17.9 Å². The van der Waals surface area contributed by atoms with Gasteiger partial charge in [-0.25, -0.2) is 4.98 Å². The van der Waals surface area contributed by atoms with Gasteiger partial charge in [-0.3, -0.25) is 9.36 Å². The molecule has 2 N–H and O–H groups in total. The Labute approximate surface area is 193 Å². The largest absolute Gasteiger partial charge is 0.370 e. The number of benzene rings is 1. The van der Waals surface area contributed by atoms with Crippen LogP contribution in [0.3, 0.4) is 0 Å². The van der Waals surface area contributed by atoms with Crippen molar-refractivity contribution in [2.75, 3.05) is 44.7 Å². The van der Waals surface area contributed by atoms with Crippen LogP contribution in [0.5, 0.6) is 0 Å². The van der Waals surface area contributed by atoms with Gasteiger partial charge in [0.25, 0.3) is 5.56 Å². The number of rotatable bonds is 7. The third-order valence-corrected chi connectivity index (χ3v) is 7.94. The fourth-order valence-corrected chi connectivity index (χ4v) is 6.16. The van der Waals surface area contributed by atoms with Gasteiger partial charge in [-0.05, 0) is 43.2 Å². The maximum Gasteiger partial charge on any atom is 0.263 e. The van der Waals surface area contributed by atoms with E-state index in [9.17, 15) is 4.79 Å². The van der Waals surface area contributed by atoms with Crippen molar-refractivity contribution in [2.45, 2.75) is 45.1 Å². The first kappa shape index (κ1) is 21.6. The number of aromatic nitrogens is 2. The Morgan fingerprint density at radius 3 is 2.75 bits per heavy atom. The molecule has 2 aromatic heterocycles. The zero-order valence-electron chi connectivity index (χ0n) is 18.7. The summed E-state index contributed by atoms with van der Waals surface area (Å²) in [6.07, 6.45) is 6.56. The van der Waals surface area contributed by atoms with Gasteiger partial charge >= 0.3 is 0 Å². The minimum atomic E-state index is 0.131. The smallest absolute Gasteiger partial charge is 0.263 e. The molecule has 0 unspecified atom stereocenters. The Morgan fingerprint density at radius 1 is 1.09 bits per heavy atom. The molecule has 0 spiro atoms. The quantitative estimate of drug-likeness (QED) is 0.539. The Balaban J connectivity index is 1.44. The third kappa shape index (κ3) is 4.75. The molecule has 1 aliphatic carbocycles. The summed E-state index contributed by atoms with van der Waals surface area (Å²) in [6.45, 7) is 6.23. The number of morpholine rings is 1. The highest BCUT2D eigenvalue weighted by Gasteiger charge is 2.22. The molecule has 1 aromatic carbocycles. The molecule has 7 heteroatoms. The van der Waals surface area contributed by atoms with E-state index in [1.807, 2.05) is 10.6 Å². The molecule has 1 aliphatic heterocycles. The number of aryl methyl sites for hydroxylation is 3. The Hall–Kier alpha value is -2.22. The minimum absolute atomic E-state index is 0.131. The number of hydrogen-bond donors (Lipinski definition) is 2. The third-order valence-electron chi connectivity index (χ3n) is 6.75. The predicted octanol–water partition coefficient (Wildman–Crippen LogP) is 2.30. The normalized spacial score (nSPS) is 17.2. The van der Waals surface area contributed by atoms with Crippen molar-refractivity contribution >= 4 is 27.5 Å². The van der Waals surface area contributed by atoms with Crippen molar-refractivity contribution in [1.29, 1.82) is 0 Å². The summed E-state index contributed by atoms with van der Waals surface area (Å²) in [5, 5.41) is 4.40. The van der Waals surface area contributed by atoms with Crippen LogP contribution in [0.1, 0.15) is 35.3 Å². The van der Waals surface area contributed by atoms with Crippen molar-refractivity contribution in [1.82, 2.24) is 9.55 Å². The van der Waals surface area contributed by atoms with E-state index in [0.29, 0.717) is 6.54 Å². The van der Waals surface area contributed by atoms with Crippen LogP contribution in [0, 0.1) is 0 Å². The van der Waals surface area contributed by atoms with Crippen LogP contribution in [0.4, 0.5) is 5.95 Å². The molecule has 3 heterocycles. The second-order valence-electron chi connectivity index (χ2n) is 8.91. The molecule has 2 aliphatic rings. The van der Waals surface area contributed by atoms with Crippen LogP contribution in [0.25, 0.3) is 10.2 Å². The molecular weight excluding hydrogens is 420 g/mol. The first-order valence-electron chi connectivity index (χ1n) is 12.0. The minimum Gasteiger partial charge on any atom is -0.370 e. The van der Waals surface area contributed by atoms with Crippen LogP contribution in [-0.2, 0) is 30.5 Å². The molecule has 0 saturated carbocycles. The van der Waals surface area contributed by atoms with Gasteiger partial charge in [-0.15, -0.1) is 11.3 Å². The number of hydrogen-bond acceptors (Lipinski definition) is 5. The second-order valence-corrected chi connectivity index (χ2v) is 10.00. The predicted molar refractivity (Wildman–Crippen MR) is 130 cm³/mol. The molecule has 1 fully saturated rings. The van der Waals surface area contributed by atoms with Crippen molar-refractivity contribution in [3.05, 3.63) is 56.7 Å². The summed E-state index contributed by atoms with van der Waals surface area (Å²) in [7, 11) is 0. The lowest BCUT2D eigenvalue weighted by molar-refractivity contribution is -0.906. The van der Waals surface area contributed by atoms with E-state index in [0.717, 1.165) is 74.8 Å². The second kappa shape index (κ2) is 10.1. The average Bonchev–Trinajstić information content (AvgIpc) is 3.01. The van der Waals surface area contributed by atoms with E-state index in [4.69, 9.17) is 9.72 Å². The zero-order valence-corrected chi connectivity index (χ0v) is 19.5. The van der Waals surface area contributed by atoms with Gasteiger partial charge in [-0.2, -0.15) is 0 Å². The Morgan fingerprint density at radius 2 is 1.91 bits per heavy atom. The Kier molecular flexibility index (Phi) is 6.86. The van der Waals surface area contributed by atoms with E-state index in [1.165, 1.54) is 35.3 Å². The Bertz CT molecular complexity index is 1100. The SMILES string of the molecule is O=c1c2c3c(sc2nc(NCC[NH+]2CCOCC2)n1CCc1ccccc1)CCCCC3. The number of thiophene rings is 1. The van der Waals surface area contributed by atoms with Crippen molar-refractivity contribution in [3.8, 4) is 0 Å². The van der Waals surface area contributed by atoms with E-state index >= 15 is 0 Å². The first-order chi connectivity index (χ1) is 15.8. The number of quaternary nitrogens is 1. The molecule has 3 aromatic rings. The van der Waals surface area contributed by atoms with Gasteiger partial charge in [0.05, 0.1) is 31.7 Å². The lowest BCUT2D eigenvalue weighted by atomic mass is 10.1. The molecule has 0 radical (unpaired) electrons. The fourth-order valence-electron chi connectivity index (χ4n) is 4.90. The molecule has 5 rings (SSSR count). The van der Waals surface area contributed by atoms with E-state index in [-0.39, 0.29) is 5.56 Å². The van der Waals surface area contributed by atoms with Gasteiger partial charge in [-0.1, -0.05) is 36.8 Å². The van der Waals surface area contributed by atoms with Gasteiger partial charge in [0, 0.05) is 11.4 Å². The average molecular weight is 454 g/mol. The fraction of sp³-hybridized carbons (Fsp3) is 0.520. The number of ether oxygens (including phenoxy) is 1. The molecule has 0 bridgehead atoms. The molecule has 0 amide bonds. The molecule has 6 nitrogen and oxygen atoms in total. The maximum atomic E-state index is 13.7. The van der Waals surface area contributed by atoms with Crippen LogP contribution in [0.15, 0.2) is 35.1 Å². The summed E-state index contributed by atoms with van der Waals surface area (Å²) in [5.41, 5.74) is 2.65. The van der Waals surface area contributed by atoms with Gasteiger partial charge < -0.3 is 15.0 Å². The monoisotopic (exact) mass is 453 g/mol. The van der Waals surface area contributed by atoms with Crippen molar-refractivity contribution < 1.29 is 9.64 Å². The summed E-state index contributed by atoms with van der Waals surface area (Å²) >= 11 is 1.74. The van der Waals surface area contributed by atoms with Crippen LogP contribution in [0.2, 0.25) is 0 Å². The van der Waals surface area contributed by atoms with E-state index < -0.39 is 0 Å². The highest BCUT2D eigenvalue weighted by molar-refractivity contribution is 7.18. The lowest BCUT2D eigenvalue weighted by Gasteiger charge is -2.24. The van der Waals surface area contributed by atoms with Crippen LogP contribution >= 0.6 is 11.3 Å². The van der Waals surface area contributed by atoms with Crippen molar-refractivity contribution in [2.24, 2.45) is 0 Å². The topological polar surface area (TPSA) is 60.6 Å². The van der Waals surface area contributed by atoms with E-state index in [1.54, 1.807) is 16.2 Å². The number of fused-ring (bicyclic) bond motifs is 3. The number of nitrogens with one attached hydrogen (secondary N) is 2. The molecule has 0 atom stereocenters. The molecule has 170 valence electrons. The lowest BCUT2D eigenvalue weighted by Crippen LogP contribution is -3.14. The summed E-state index contributed by atoms with van der Waals surface area (Å²) in [6, 6.07) is 10.4. The van der Waals surface area contributed by atoms with Gasteiger partial charge in [0.2, 0.25) is 5.95 Å². The summed E-state index contributed by atoms with van der Waals surface area (Å²) < 4.78 is 7.36. The first-order valence-corrected chi connectivity index (χ1v) is 12.9. The molecular formula is C25H33N4O2S+. The van der Waals surface area contributed by atoms with Crippen molar-refractivity contribution in [3.63, 3.8) is 0 Å². The standard InChI is InChI=1S/C25H32N4O2S/c30-24-22-20-9-5-2-6-10-21(20)32-23(22)27-25(26-12-14-28-15-17-31-18-16-28)29(24)13-11-19-7-3-1-4-8-19/h1,3-4,7-8H,2,5-6,9-18H2,(H,26,27)/p+1. The summed E-state index contributed by atoms with van der Waals surface area (Å²) in [4.78, 5) is 22.6. The van der Waals surface area contributed by atoms with Crippen LogP contribution < -0.4 is 15.8 Å². The van der Waals surface area contributed by atoms with Crippen LogP contribution in [-0.4, -0.2) is 48.9 Å². The molecule has 1 saturated heterocycles. The van der Waals surface area contributed by atoms with E-state index in [2.05, 4.69) is 29.6 Å². The highest BCUT2D eigenvalue weighted by atomic mass is 32.1. The maximum absolute atomic E-state index is 13.7. The number of anilines is 1. The van der Waals surface area contributed by atoms with Gasteiger partial charge in [0.15, 0.2) is 0 Å². The molecule has 32 heavy (non-hydrogen) atoms. The summed E-state index contributed by atoms with van der Waals surface area (Å²) in [5.74, 6) is 0.725. The highest BCUT2D eigenvalue weighted by Crippen LogP contribution is 2.33.